The van der Waals surface area contributed by atoms with Crippen LogP contribution in [0, 0.1) is 5.92 Å². The van der Waals surface area contributed by atoms with Gasteiger partial charge in [0.2, 0.25) is 0 Å². The molecule has 1 aliphatic rings. The molecule has 1 aromatic rings. The number of hydrogen-bond acceptors (Lipinski definition) is 3. The van der Waals surface area contributed by atoms with Gasteiger partial charge in [-0.05, 0) is 18.0 Å². The van der Waals surface area contributed by atoms with Crippen LogP contribution < -0.4 is 5.73 Å². The molecule has 0 radical (unpaired) electrons. The van der Waals surface area contributed by atoms with Crippen LogP contribution in [-0.2, 0) is 4.74 Å². The van der Waals surface area contributed by atoms with Crippen LogP contribution in [0.15, 0.2) is 30.3 Å². The molecular formula is C13H18N2O2. The summed E-state index contributed by atoms with van der Waals surface area (Å²) in [6, 6.07) is 10.2. The smallest absolute Gasteiger partial charge is 0.409 e. The average Bonchev–Trinajstić information content (AvgIpc) is 2.83. The Labute approximate surface area is 101 Å². The monoisotopic (exact) mass is 234 g/mol. The molecule has 4 nitrogen and oxygen atoms in total. The van der Waals surface area contributed by atoms with Gasteiger partial charge in [0.25, 0.3) is 0 Å². The number of methoxy groups -OCH3 is 1. The first-order valence-corrected chi connectivity index (χ1v) is 5.84. The highest BCUT2D eigenvalue weighted by molar-refractivity contribution is 5.68. The zero-order valence-electron chi connectivity index (χ0n) is 10.0. The van der Waals surface area contributed by atoms with Crippen LogP contribution in [0.2, 0.25) is 0 Å². The number of ether oxygens (including phenoxy) is 1. The van der Waals surface area contributed by atoms with E-state index in [2.05, 4.69) is 12.1 Å². The second kappa shape index (κ2) is 5.19. The van der Waals surface area contributed by atoms with Crippen molar-refractivity contribution in [2.75, 3.05) is 26.7 Å². The summed E-state index contributed by atoms with van der Waals surface area (Å²) in [6.07, 6.45) is -0.262. The molecule has 1 fully saturated rings. The van der Waals surface area contributed by atoms with Crippen LogP contribution in [-0.4, -0.2) is 37.7 Å². The van der Waals surface area contributed by atoms with Gasteiger partial charge < -0.3 is 15.4 Å². The van der Waals surface area contributed by atoms with Gasteiger partial charge in [0.1, 0.15) is 0 Å². The van der Waals surface area contributed by atoms with Crippen molar-refractivity contribution in [2.45, 2.75) is 5.92 Å². The minimum absolute atomic E-state index is 0.262. The lowest BCUT2D eigenvalue weighted by atomic mass is 9.89. The van der Waals surface area contributed by atoms with Crippen LogP contribution in [0.5, 0.6) is 0 Å². The summed E-state index contributed by atoms with van der Waals surface area (Å²) < 4.78 is 4.76. The predicted molar refractivity (Wildman–Crippen MR) is 65.7 cm³/mol. The third-order valence-corrected chi connectivity index (χ3v) is 3.40. The Balaban J connectivity index is 2.15. The maximum Gasteiger partial charge on any atom is 0.409 e. The molecule has 1 amide bonds. The maximum absolute atomic E-state index is 11.5. The highest BCUT2D eigenvalue weighted by atomic mass is 16.5. The maximum atomic E-state index is 11.5. The molecule has 4 heteroatoms. The van der Waals surface area contributed by atoms with Gasteiger partial charge in [-0.1, -0.05) is 30.3 Å². The van der Waals surface area contributed by atoms with Crippen molar-refractivity contribution in [3.8, 4) is 0 Å². The molecule has 0 bridgehead atoms. The fourth-order valence-corrected chi connectivity index (χ4v) is 2.47. The van der Waals surface area contributed by atoms with Crippen LogP contribution >= 0.6 is 0 Å². The molecule has 2 rings (SSSR count). The third-order valence-electron chi connectivity index (χ3n) is 3.40. The zero-order valence-corrected chi connectivity index (χ0v) is 10.0. The molecule has 0 spiro atoms. The second-order valence-corrected chi connectivity index (χ2v) is 4.39. The number of rotatable bonds is 2. The van der Waals surface area contributed by atoms with E-state index in [1.54, 1.807) is 4.90 Å². The van der Waals surface area contributed by atoms with E-state index in [9.17, 15) is 4.79 Å². The fraction of sp³-hybridized carbons (Fsp3) is 0.462. The number of amides is 1. The van der Waals surface area contributed by atoms with Crippen molar-refractivity contribution >= 4 is 6.09 Å². The summed E-state index contributed by atoms with van der Waals surface area (Å²) >= 11 is 0. The third kappa shape index (κ3) is 2.42. The van der Waals surface area contributed by atoms with E-state index in [1.165, 1.54) is 12.7 Å². The van der Waals surface area contributed by atoms with E-state index in [1.807, 2.05) is 18.2 Å². The van der Waals surface area contributed by atoms with E-state index in [-0.39, 0.29) is 6.09 Å². The van der Waals surface area contributed by atoms with Gasteiger partial charge in [0.05, 0.1) is 7.11 Å². The van der Waals surface area contributed by atoms with E-state index >= 15 is 0 Å². The molecule has 0 aromatic heterocycles. The highest BCUT2D eigenvalue weighted by Gasteiger charge is 2.35. The Morgan fingerprint density at radius 1 is 1.41 bits per heavy atom. The number of likely N-dealkylation sites (tertiary alicyclic amines) is 1. The topological polar surface area (TPSA) is 55.6 Å². The van der Waals surface area contributed by atoms with Crippen molar-refractivity contribution in [3.05, 3.63) is 35.9 Å². The zero-order chi connectivity index (χ0) is 12.3. The van der Waals surface area contributed by atoms with E-state index in [0.29, 0.717) is 31.5 Å². The van der Waals surface area contributed by atoms with E-state index < -0.39 is 0 Å². The molecule has 1 aliphatic heterocycles. The van der Waals surface area contributed by atoms with Crippen LogP contribution in [0.4, 0.5) is 4.79 Å². The molecule has 1 aromatic carbocycles. The number of benzene rings is 1. The second-order valence-electron chi connectivity index (χ2n) is 4.39. The summed E-state index contributed by atoms with van der Waals surface area (Å²) in [5.41, 5.74) is 7.03. The molecule has 17 heavy (non-hydrogen) atoms. The van der Waals surface area contributed by atoms with Gasteiger partial charge in [-0.15, -0.1) is 0 Å². The SMILES string of the molecule is COC(=O)N1CC(CN)C(c2ccccc2)C1. The van der Waals surface area contributed by atoms with E-state index in [0.717, 1.165) is 0 Å². The number of carbonyl (C=O) groups excluding carboxylic acids is 1. The van der Waals surface area contributed by atoms with Gasteiger partial charge in [0.15, 0.2) is 0 Å². The highest BCUT2D eigenvalue weighted by Crippen LogP contribution is 2.32. The van der Waals surface area contributed by atoms with Gasteiger partial charge in [-0.3, -0.25) is 0 Å². The normalized spacial score (nSPS) is 23.8. The van der Waals surface area contributed by atoms with Crippen molar-refractivity contribution in [3.63, 3.8) is 0 Å². The Morgan fingerprint density at radius 2 is 2.12 bits per heavy atom. The molecule has 2 N–H and O–H groups in total. The van der Waals surface area contributed by atoms with Crippen molar-refractivity contribution < 1.29 is 9.53 Å². The Hall–Kier alpha value is -1.55. The molecule has 2 unspecified atom stereocenters. The largest absolute Gasteiger partial charge is 0.453 e. The molecule has 1 heterocycles. The first-order valence-electron chi connectivity index (χ1n) is 5.84. The quantitative estimate of drug-likeness (QED) is 0.842. The predicted octanol–water partition coefficient (Wildman–Crippen LogP) is 1.43. The number of nitrogens with two attached hydrogens (primary N) is 1. The first-order chi connectivity index (χ1) is 8.26. The van der Waals surface area contributed by atoms with Crippen LogP contribution in [0.1, 0.15) is 11.5 Å². The molecule has 0 saturated carbocycles. The summed E-state index contributed by atoms with van der Waals surface area (Å²) in [4.78, 5) is 13.2. The lowest BCUT2D eigenvalue weighted by molar-refractivity contribution is 0.131. The van der Waals surface area contributed by atoms with Crippen molar-refractivity contribution in [1.29, 1.82) is 0 Å². The van der Waals surface area contributed by atoms with Gasteiger partial charge in [-0.25, -0.2) is 4.79 Å². The number of carbonyl (C=O) groups is 1. The van der Waals surface area contributed by atoms with Crippen LogP contribution in [0.3, 0.4) is 0 Å². The average molecular weight is 234 g/mol. The molecule has 0 aliphatic carbocycles. The standard InChI is InChI=1S/C13H18N2O2/c1-17-13(16)15-8-11(7-14)12(9-15)10-5-3-2-4-6-10/h2-6,11-12H,7-9,14H2,1H3. The summed E-state index contributed by atoms with van der Waals surface area (Å²) in [5.74, 6) is 0.636. The van der Waals surface area contributed by atoms with Crippen LogP contribution in [0.25, 0.3) is 0 Å². The minimum Gasteiger partial charge on any atom is -0.453 e. The Morgan fingerprint density at radius 3 is 2.71 bits per heavy atom. The molecule has 92 valence electrons. The number of nitrogens with zero attached hydrogens (tertiary/aromatic N) is 1. The summed E-state index contributed by atoms with van der Waals surface area (Å²) in [6.45, 7) is 1.97. The van der Waals surface area contributed by atoms with Gasteiger partial charge in [0, 0.05) is 19.0 Å². The van der Waals surface area contributed by atoms with Crippen molar-refractivity contribution in [1.82, 2.24) is 4.90 Å². The van der Waals surface area contributed by atoms with Gasteiger partial charge in [-0.2, -0.15) is 0 Å². The summed E-state index contributed by atoms with van der Waals surface area (Å²) in [5, 5.41) is 0. The first kappa shape index (κ1) is 11.9. The molecular weight excluding hydrogens is 216 g/mol. The Bertz CT molecular complexity index is 380. The van der Waals surface area contributed by atoms with Crippen molar-refractivity contribution in [2.24, 2.45) is 11.7 Å². The summed E-state index contributed by atoms with van der Waals surface area (Å²) in [7, 11) is 1.41. The lowest BCUT2D eigenvalue weighted by Gasteiger charge is -2.16. The lowest BCUT2D eigenvalue weighted by Crippen LogP contribution is -2.29. The fourth-order valence-electron chi connectivity index (χ4n) is 2.47. The number of hydrogen-bond donors (Lipinski definition) is 1. The molecule has 2 atom stereocenters. The van der Waals surface area contributed by atoms with Gasteiger partial charge >= 0.3 is 6.09 Å². The Kier molecular flexibility index (Phi) is 3.64. The van der Waals surface area contributed by atoms with E-state index in [4.69, 9.17) is 10.5 Å². The molecule has 1 saturated heterocycles. The minimum atomic E-state index is -0.262.